The summed E-state index contributed by atoms with van der Waals surface area (Å²) in [5, 5.41) is 15.4. The molecule has 0 unspecified atom stereocenters. The van der Waals surface area contributed by atoms with Crippen molar-refractivity contribution in [2.75, 3.05) is 0 Å². The predicted octanol–water partition coefficient (Wildman–Crippen LogP) is -1.79. The second-order valence-corrected chi connectivity index (χ2v) is 3.71. The Morgan fingerprint density at radius 3 is 1.23 bits per heavy atom. The Labute approximate surface area is 107 Å². The van der Waals surface area contributed by atoms with Crippen LogP contribution in [0, 0.1) is 0 Å². The molecule has 0 N–H and O–H groups in total. The molecule has 0 aliphatic heterocycles. The fourth-order valence-corrected chi connectivity index (χ4v) is 0.284. The van der Waals surface area contributed by atoms with Gasteiger partial charge in [0.25, 0.3) is 0 Å². The van der Waals surface area contributed by atoms with Crippen LogP contribution in [-0.4, -0.2) is 20.7 Å². The smallest absolute Gasteiger partial charge is 0.422 e. The van der Waals surface area contributed by atoms with Gasteiger partial charge in [0.05, 0.1) is 25.3 Å². The van der Waals surface area contributed by atoms with Crippen LogP contribution in [0.5, 0.6) is 0 Å². The third kappa shape index (κ3) is 33.1. The molecule has 0 saturated carbocycles. The predicted molar refractivity (Wildman–Crippen MR) is 69.4 cm³/mol. The molecular formula is C4H6N4NiS4+4. The minimum Gasteiger partial charge on any atom is -0.422 e. The van der Waals surface area contributed by atoms with Crippen LogP contribution in [0.2, 0.25) is 0 Å². The largest absolute Gasteiger partial charge is 2.00 e. The molecule has 0 aliphatic carbocycles. The molecule has 0 aliphatic rings. The normalized spacial score (nSPS) is 5.69. The average Bonchev–Trinajstić information content (AvgIpc) is 1.87. The molecule has 0 saturated heterocycles. The number of nitrogens with zero attached hydrogens (tertiary/aromatic N) is 4. The van der Waals surface area contributed by atoms with Crippen molar-refractivity contribution in [2.24, 2.45) is 9.98 Å². The van der Waals surface area contributed by atoms with Crippen molar-refractivity contribution >= 4 is 70.4 Å². The first kappa shape index (κ1) is 18.8. The van der Waals surface area contributed by atoms with E-state index < -0.39 is 0 Å². The monoisotopic (exact) mass is 296 g/mol. The van der Waals surface area contributed by atoms with Crippen LogP contribution in [0.1, 0.15) is 0 Å². The quantitative estimate of drug-likeness (QED) is 0.167. The molecule has 9 heteroatoms. The van der Waals surface area contributed by atoms with Crippen LogP contribution >= 0.6 is 0 Å². The van der Waals surface area contributed by atoms with E-state index in [0.29, 0.717) is 8.64 Å². The molecule has 72 valence electrons. The van der Waals surface area contributed by atoms with Gasteiger partial charge in [-0.2, -0.15) is 0 Å². The molecule has 0 bridgehead atoms. The van der Waals surface area contributed by atoms with E-state index in [1.54, 1.807) is 0 Å². The zero-order valence-corrected chi connectivity index (χ0v) is 10.8. The molecule has 0 aromatic heterocycles. The second-order valence-electron chi connectivity index (χ2n) is 1.07. The van der Waals surface area contributed by atoms with Crippen LogP contribution < -0.4 is 0 Å². The van der Waals surface area contributed by atoms with Gasteiger partial charge < -0.3 is 20.8 Å². The van der Waals surface area contributed by atoms with E-state index >= 15 is 0 Å². The van der Waals surface area contributed by atoms with Gasteiger partial charge in [0.1, 0.15) is 0 Å². The summed E-state index contributed by atoms with van der Waals surface area (Å²) in [6, 6.07) is 3.06. The van der Waals surface area contributed by atoms with E-state index in [9.17, 15) is 0 Å². The van der Waals surface area contributed by atoms with Crippen LogP contribution in [0.3, 0.4) is 0 Å². The van der Waals surface area contributed by atoms with Crippen molar-refractivity contribution in [1.82, 2.24) is 0 Å². The Bertz CT molecular complexity index is 237. The van der Waals surface area contributed by atoms with Gasteiger partial charge in [-0.05, 0) is 0 Å². The fraction of sp³-hybridized carbons (Fsp3) is 0. The van der Waals surface area contributed by atoms with Crippen LogP contribution in [0.15, 0.2) is 9.98 Å². The number of rotatable bonds is 0. The summed E-state index contributed by atoms with van der Waals surface area (Å²) in [5.74, 6) is 0. The molecule has 0 atom stereocenters. The molecule has 0 heterocycles. The first-order valence-corrected chi connectivity index (χ1v) is 4.18. The SMILES string of the molecule is [N-]=C=NC(=[SH+])[SH2+].[N-]=C=NC(=[SH+])[SH2+].[Ni+2]. The van der Waals surface area contributed by atoms with Crippen molar-refractivity contribution in [2.45, 2.75) is 0 Å². The Kier molecular flexibility index (Phi) is 21.2. The van der Waals surface area contributed by atoms with Gasteiger partial charge in [0, 0.05) is 0 Å². The van der Waals surface area contributed by atoms with Gasteiger partial charge in [-0.25, -0.2) is 0 Å². The molecule has 4 nitrogen and oxygen atoms in total. The topological polar surface area (TPSA) is 69.3 Å². The third-order valence-corrected chi connectivity index (χ3v) is 0.735. The van der Waals surface area contributed by atoms with E-state index in [-0.39, 0.29) is 16.5 Å². The maximum absolute atomic E-state index is 7.72. The number of thiol groups is 2. The minimum absolute atomic E-state index is 0. The van der Waals surface area contributed by atoms with Gasteiger partial charge in [-0.3, -0.25) is 0 Å². The van der Waals surface area contributed by atoms with E-state index in [2.05, 4.69) is 59.7 Å². The molecule has 0 aromatic carbocycles. The zero-order valence-electron chi connectivity index (χ0n) is 6.00. The van der Waals surface area contributed by atoms with Crippen molar-refractivity contribution in [1.29, 1.82) is 0 Å². The summed E-state index contributed by atoms with van der Waals surface area (Å²) in [6.45, 7) is 0. The average molecular weight is 297 g/mol. The summed E-state index contributed by atoms with van der Waals surface area (Å²) in [7, 11) is 0. The zero-order chi connectivity index (χ0) is 9.98. The Morgan fingerprint density at radius 2 is 1.23 bits per heavy atom. The maximum Gasteiger partial charge on any atom is 2.00 e. The van der Waals surface area contributed by atoms with Gasteiger partial charge in [-0.15, -0.1) is 12.0 Å². The second kappa shape index (κ2) is 14.6. The summed E-state index contributed by atoms with van der Waals surface area (Å²) >= 11 is 13.0. The molecular weight excluding hydrogens is 291 g/mol. The standard InChI is InChI=1S/2C2HN2S2.Ni/c2*3-1-4-2(5)6;/h2*(H,5,6);/q2*-1;+2/p+4. The Hall–Kier alpha value is 0.134. The molecule has 0 amide bonds. The van der Waals surface area contributed by atoms with Crippen LogP contribution in [-0.2, 0) is 66.2 Å². The Morgan fingerprint density at radius 1 is 1.00 bits per heavy atom. The molecule has 13 heavy (non-hydrogen) atoms. The molecule has 0 spiro atoms. The van der Waals surface area contributed by atoms with Crippen molar-refractivity contribution < 1.29 is 16.5 Å². The first-order valence-electron chi connectivity index (χ1n) is 2.29. The van der Waals surface area contributed by atoms with E-state index in [4.69, 9.17) is 10.8 Å². The van der Waals surface area contributed by atoms with Gasteiger partial charge in [0.15, 0.2) is 0 Å². The van der Waals surface area contributed by atoms with Crippen LogP contribution in [0.4, 0.5) is 0 Å². The maximum atomic E-state index is 7.72. The van der Waals surface area contributed by atoms with E-state index in [1.807, 2.05) is 0 Å². The third-order valence-electron chi connectivity index (χ3n) is 0.312. The number of aliphatic imine (C=N–C) groups is 2. The van der Waals surface area contributed by atoms with Crippen LogP contribution in [0.25, 0.3) is 10.8 Å². The van der Waals surface area contributed by atoms with Gasteiger partial charge in [-0.1, -0.05) is 0 Å². The van der Waals surface area contributed by atoms with Crippen molar-refractivity contribution in [3.8, 4) is 0 Å². The fourth-order valence-electron chi connectivity index (χ4n) is 0.0947. The van der Waals surface area contributed by atoms with E-state index in [0.717, 1.165) is 0 Å². The van der Waals surface area contributed by atoms with Gasteiger partial charge in [0.2, 0.25) is 24.4 Å². The first-order chi connectivity index (χ1) is 5.54. The molecule has 0 aromatic rings. The number of hydrogen-bond donors (Lipinski definition) is 0. The number of hydrogen-bond acceptors (Lipinski definition) is 0. The summed E-state index contributed by atoms with van der Waals surface area (Å²) in [6.07, 6.45) is 0. The van der Waals surface area contributed by atoms with Crippen molar-refractivity contribution in [3.05, 3.63) is 10.8 Å². The molecule has 0 radical (unpaired) electrons. The summed E-state index contributed by atoms with van der Waals surface area (Å²) in [5.41, 5.74) is 0. The summed E-state index contributed by atoms with van der Waals surface area (Å²) in [4.78, 5) is 6.25. The Balaban J connectivity index is -0.000000143. The molecule has 0 fully saturated rings. The summed E-state index contributed by atoms with van der Waals surface area (Å²) < 4.78 is 0.606. The van der Waals surface area contributed by atoms with Crippen molar-refractivity contribution in [3.63, 3.8) is 0 Å². The minimum atomic E-state index is 0. The van der Waals surface area contributed by atoms with Gasteiger partial charge >= 0.3 is 25.1 Å². The molecule has 0 rings (SSSR count). The van der Waals surface area contributed by atoms with E-state index in [1.165, 1.54) is 12.0 Å².